The van der Waals surface area contributed by atoms with Gasteiger partial charge >= 0.3 is 0 Å². The van der Waals surface area contributed by atoms with Crippen LogP contribution in [0.1, 0.15) is 19.8 Å². The van der Waals surface area contributed by atoms with E-state index >= 15 is 0 Å². The Morgan fingerprint density at radius 1 is 1.62 bits per heavy atom. The van der Waals surface area contributed by atoms with Crippen molar-refractivity contribution in [3.8, 4) is 0 Å². The van der Waals surface area contributed by atoms with Gasteiger partial charge in [-0.1, -0.05) is 11.8 Å². The minimum Gasteiger partial charge on any atom is -0.381 e. The van der Waals surface area contributed by atoms with Gasteiger partial charge in [0.2, 0.25) is 0 Å². The molecule has 74 valence electrons. The highest BCUT2D eigenvalue weighted by molar-refractivity contribution is 8.03. The fourth-order valence-electron chi connectivity index (χ4n) is 1.74. The standard InChI is InChI=1S/C9H16N2OS/c1-9(10)11-8(6-13-9)7-2-4-12-5-3-7/h6-7,11H,2-5,10H2,1H3. The van der Waals surface area contributed by atoms with Crippen molar-refractivity contribution in [1.29, 1.82) is 0 Å². The quantitative estimate of drug-likeness (QED) is 0.668. The predicted molar refractivity (Wildman–Crippen MR) is 54.9 cm³/mol. The zero-order chi connectivity index (χ0) is 9.31. The molecule has 3 N–H and O–H groups in total. The summed E-state index contributed by atoms with van der Waals surface area (Å²) in [6.45, 7) is 3.77. The number of thioether (sulfide) groups is 1. The third-order valence-electron chi connectivity index (χ3n) is 2.48. The lowest BCUT2D eigenvalue weighted by Crippen LogP contribution is -2.44. The zero-order valence-corrected chi connectivity index (χ0v) is 8.69. The normalized spacial score (nSPS) is 35.7. The average molecular weight is 200 g/mol. The van der Waals surface area contributed by atoms with E-state index in [1.807, 2.05) is 6.92 Å². The molecule has 2 aliphatic rings. The van der Waals surface area contributed by atoms with Crippen LogP contribution in [0.2, 0.25) is 0 Å². The van der Waals surface area contributed by atoms with Crippen molar-refractivity contribution in [1.82, 2.24) is 5.32 Å². The molecule has 4 heteroatoms. The highest BCUT2D eigenvalue weighted by Crippen LogP contribution is 2.33. The van der Waals surface area contributed by atoms with Crippen LogP contribution in [0.4, 0.5) is 0 Å². The molecule has 1 fully saturated rings. The molecule has 1 saturated heterocycles. The molecule has 2 rings (SSSR count). The minimum atomic E-state index is -0.298. The molecule has 0 aromatic carbocycles. The highest BCUT2D eigenvalue weighted by Gasteiger charge is 2.29. The van der Waals surface area contributed by atoms with Crippen molar-refractivity contribution in [3.05, 3.63) is 11.1 Å². The van der Waals surface area contributed by atoms with Crippen LogP contribution in [0.25, 0.3) is 0 Å². The number of nitrogens with one attached hydrogen (secondary N) is 1. The summed E-state index contributed by atoms with van der Waals surface area (Å²) in [6.07, 6.45) is 2.24. The molecule has 3 nitrogen and oxygen atoms in total. The van der Waals surface area contributed by atoms with Gasteiger partial charge in [0, 0.05) is 24.8 Å². The summed E-state index contributed by atoms with van der Waals surface area (Å²) in [5, 5.41) is 5.51. The van der Waals surface area contributed by atoms with Crippen LogP contribution in [0.15, 0.2) is 11.1 Å². The summed E-state index contributed by atoms with van der Waals surface area (Å²) < 4.78 is 5.32. The summed E-state index contributed by atoms with van der Waals surface area (Å²) in [7, 11) is 0. The van der Waals surface area contributed by atoms with E-state index in [2.05, 4.69) is 10.7 Å². The van der Waals surface area contributed by atoms with Crippen LogP contribution in [0.5, 0.6) is 0 Å². The van der Waals surface area contributed by atoms with E-state index in [1.165, 1.54) is 5.70 Å². The second-order valence-corrected chi connectivity index (χ2v) is 5.13. The van der Waals surface area contributed by atoms with Crippen molar-refractivity contribution < 1.29 is 4.74 Å². The Morgan fingerprint density at radius 2 is 2.31 bits per heavy atom. The first kappa shape index (κ1) is 9.37. The minimum absolute atomic E-state index is 0.298. The van der Waals surface area contributed by atoms with Gasteiger partial charge in [-0.15, -0.1) is 0 Å². The molecule has 0 radical (unpaired) electrons. The second kappa shape index (κ2) is 3.52. The van der Waals surface area contributed by atoms with Gasteiger partial charge < -0.3 is 15.8 Å². The molecule has 1 unspecified atom stereocenters. The van der Waals surface area contributed by atoms with E-state index < -0.39 is 0 Å². The Morgan fingerprint density at radius 3 is 2.85 bits per heavy atom. The molecule has 0 saturated carbocycles. The third kappa shape index (κ3) is 2.18. The Balaban J connectivity index is 1.94. The van der Waals surface area contributed by atoms with E-state index in [9.17, 15) is 0 Å². The first-order valence-corrected chi connectivity index (χ1v) is 5.58. The molecule has 0 spiro atoms. The zero-order valence-electron chi connectivity index (χ0n) is 7.88. The van der Waals surface area contributed by atoms with Crippen LogP contribution in [-0.2, 0) is 4.74 Å². The van der Waals surface area contributed by atoms with Gasteiger partial charge in [0.1, 0.15) is 4.99 Å². The number of hydrogen-bond acceptors (Lipinski definition) is 4. The number of rotatable bonds is 1. The Labute approximate surface area is 83.1 Å². The second-order valence-electron chi connectivity index (χ2n) is 3.81. The number of ether oxygens (including phenoxy) is 1. The third-order valence-corrected chi connectivity index (χ3v) is 3.45. The lowest BCUT2D eigenvalue weighted by atomic mass is 9.97. The summed E-state index contributed by atoms with van der Waals surface area (Å²) in [5.41, 5.74) is 7.25. The van der Waals surface area contributed by atoms with Gasteiger partial charge in [-0.3, -0.25) is 0 Å². The highest BCUT2D eigenvalue weighted by atomic mass is 32.2. The molecular formula is C9H16N2OS. The monoisotopic (exact) mass is 200 g/mol. The average Bonchev–Trinajstić information content (AvgIpc) is 2.48. The van der Waals surface area contributed by atoms with E-state index in [-0.39, 0.29) is 4.99 Å². The molecule has 0 amide bonds. The molecule has 0 aromatic rings. The molecule has 1 atom stereocenters. The van der Waals surface area contributed by atoms with Crippen molar-refractivity contribution in [3.63, 3.8) is 0 Å². The molecule has 0 aromatic heterocycles. The largest absolute Gasteiger partial charge is 0.381 e. The van der Waals surface area contributed by atoms with Crippen molar-refractivity contribution in [2.75, 3.05) is 13.2 Å². The van der Waals surface area contributed by atoms with Crippen molar-refractivity contribution >= 4 is 11.8 Å². The van der Waals surface area contributed by atoms with Crippen molar-refractivity contribution in [2.45, 2.75) is 24.8 Å². The van der Waals surface area contributed by atoms with E-state index in [1.54, 1.807) is 11.8 Å². The van der Waals surface area contributed by atoms with Gasteiger partial charge in [0.15, 0.2) is 0 Å². The maximum atomic E-state index is 5.94. The summed E-state index contributed by atoms with van der Waals surface area (Å²) in [5.74, 6) is 0.631. The van der Waals surface area contributed by atoms with Gasteiger partial charge in [0.25, 0.3) is 0 Å². The van der Waals surface area contributed by atoms with Gasteiger partial charge in [-0.25, -0.2) is 0 Å². The van der Waals surface area contributed by atoms with Crippen LogP contribution in [0, 0.1) is 5.92 Å². The maximum Gasteiger partial charge on any atom is 0.135 e. The molecule has 2 aliphatic heterocycles. The molecule has 13 heavy (non-hydrogen) atoms. The smallest absolute Gasteiger partial charge is 0.135 e. The van der Waals surface area contributed by atoms with E-state index in [0.29, 0.717) is 5.92 Å². The lowest BCUT2D eigenvalue weighted by molar-refractivity contribution is 0.0738. The fourth-order valence-corrected chi connectivity index (χ4v) is 2.54. The van der Waals surface area contributed by atoms with Gasteiger partial charge in [-0.05, 0) is 25.2 Å². The Bertz CT molecular complexity index is 222. The maximum absolute atomic E-state index is 5.94. The fraction of sp³-hybridized carbons (Fsp3) is 0.778. The summed E-state index contributed by atoms with van der Waals surface area (Å²) in [6, 6.07) is 0. The van der Waals surface area contributed by atoms with Crippen LogP contribution in [0.3, 0.4) is 0 Å². The first-order valence-electron chi connectivity index (χ1n) is 4.70. The Hall–Kier alpha value is -0.190. The van der Waals surface area contributed by atoms with Crippen LogP contribution >= 0.6 is 11.8 Å². The van der Waals surface area contributed by atoms with Gasteiger partial charge in [0.05, 0.1) is 0 Å². The lowest BCUT2D eigenvalue weighted by Gasteiger charge is -2.26. The molecule has 0 aliphatic carbocycles. The topological polar surface area (TPSA) is 47.3 Å². The predicted octanol–water partition coefficient (Wildman–Crippen LogP) is 1.22. The summed E-state index contributed by atoms with van der Waals surface area (Å²) >= 11 is 1.67. The van der Waals surface area contributed by atoms with Crippen LogP contribution in [-0.4, -0.2) is 18.2 Å². The van der Waals surface area contributed by atoms with Crippen LogP contribution < -0.4 is 11.1 Å². The molecule has 2 heterocycles. The van der Waals surface area contributed by atoms with E-state index in [4.69, 9.17) is 10.5 Å². The number of allylic oxidation sites excluding steroid dienone is 1. The molecular weight excluding hydrogens is 184 g/mol. The Kier molecular flexibility index (Phi) is 2.53. The SMILES string of the molecule is CC1(N)NC(C2CCOCC2)=CS1. The first-order chi connectivity index (χ1) is 6.17. The van der Waals surface area contributed by atoms with Crippen molar-refractivity contribution in [2.24, 2.45) is 11.7 Å². The summed E-state index contributed by atoms with van der Waals surface area (Å²) in [4.78, 5) is -0.298. The molecule has 0 bridgehead atoms. The van der Waals surface area contributed by atoms with Gasteiger partial charge in [-0.2, -0.15) is 0 Å². The number of hydrogen-bond donors (Lipinski definition) is 2. The number of nitrogens with two attached hydrogens (primary N) is 1. The van der Waals surface area contributed by atoms with E-state index in [0.717, 1.165) is 26.1 Å².